The number of furan rings is 1. The lowest BCUT2D eigenvalue weighted by atomic mass is 9.95. The van der Waals surface area contributed by atoms with Crippen LogP contribution in [0.15, 0.2) is 80.1 Å². The molecule has 10 nitrogen and oxygen atoms in total. The van der Waals surface area contributed by atoms with E-state index in [-0.39, 0.29) is 23.4 Å². The van der Waals surface area contributed by atoms with Crippen molar-refractivity contribution in [3.63, 3.8) is 0 Å². The highest BCUT2D eigenvalue weighted by molar-refractivity contribution is 7.07. The molecular formula is C29H25N3O7S. The molecular weight excluding hydrogens is 534 g/mol. The first-order valence-corrected chi connectivity index (χ1v) is 13.2. The topological polar surface area (TPSA) is 126 Å². The number of nitro benzene ring substituents is 1. The van der Waals surface area contributed by atoms with E-state index in [1.54, 1.807) is 76.4 Å². The number of fused-ring (bicyclic) bond motifs is 1. The van der Waals surface area contributed by atoms with E-state index in [0.717, 1.165) is 0 Å². The minimum atomic E-state index is -0.771. The maximum absolute atomic E-state index is 13.8. The van der Waals surface area contributed by atoms with Crippen LogP contribution >= 0.6 is 11.3 Å². The fourth-order valence-corrected chi connectivity index (χ4v) is 5.74. The fraction of sp³-hybridized carbons (Fsp3) is 0.207. The Hall–Kier alpha value is -4.77. The largest absolute Gasteiger partial charge is 0.497 e. The van der Waals surface area contributed by atoms with Crippen LogP contribution in [0.1, 0.15) is 36.8 Å². The first-order chi connectivity index (χ1) is 19.2. The Morgan fingerprint density at radius 3 is 2.70 bits per heavy atom. The third kappa shape index (κ3) is 4.75. The number of hydrogen-bond acceptors (Lipinski definition) is 9. The second-order valence-electron chi connectivity index (χ2n) is 8.99. The molecule has 5 rings (SSSR count). The Morgan fingerprint density at radius 1 is 1.20 bits per heavy atom. The summed E-state index contributed by atoms with van der Waals surface area (Å²) in [5, 5.41) is 11.4. The molecule has 3 heterocycles. The molecule has 0 saturated heterocycles. The molecule has 0 amide bonds. The van der Waals surface area contributed by atoms with Crippen molar-refractivity contribution in [2.45, 2.75) is 26.8 Å². The van der Waals surface area contributed by atoms with Gasteiger partial charge in [-0.3, -0.25) is 19.5 Å². The average Bonchev–Trinajstić information content (AvgIpc) is 3.52. The Morgan fingerprint density at radius 2 is 1.98 bits per heavy atom. The molecule has 0 N–H and O–H groups in total. The van der Waals surface area contributed by atoms with E-state index in [1.165, 1.54) is 22.0 Å². The number of aromatic nitrogens is 1. The summed E-state index contributed by atoms with van der Waals surface area (Å²) in [4.78, 5) is 42.8. The molecule has 0 saturated carbocycles. The summed E-state index contributed by atoms with van der Waals surface area (Å²) < 4.78 is 18.5. The highest BCUT2D eigenvalue weighted by atomic mass is 32.1. The van der Waals surface area contributed by atoms with Crippen LogP contribution in [0.3, 0.4) is 0 Å². The van der Waals surface area contributed by atoms with Gasteiger partial charge < -0.3 is 13.9 Å². The number of nitro groups is 1. The number of ether oxygens (including phenoxy) is 2. The number of hydrogen-bond donors (Lipinski definition) is 0. The van der Waals surface area contributed by atoms with E-state index in [1.807, 2.05) is 6.07 Å². The van der Waals surface area contributed by atoms with Crippen molar-refractivity contribution in [2.24, 2.45) is 4.99 Å². The SMILES string of the molecule is CCOC(=O)C1=C(C)N=c2s/c(=C\c3ccc(-c4cccc([N+](=O)[O-])c4C)o3)c(=O)n2[C@@H]1c1cccc(OC)c1. The number of methoxy groups -OCH3 is 1. The van der Waals surface area contributed by atoms with Crippen LogP contribution in [0.5, 0.6) is 5.75 Å². The van der Waals surface area contributed by atoms with E-state index >= 15 is 0 Å². The maximum atomic E-state index is 13.8. The lowest BCUT2D eigenvalue weighted by molar-refractivity contribution is -0.385. The fourth-order valence-electron chi connectivity index (χ4n) is 4.71. The van der Waals surface area contributed by atoms with Crippen molar-refractivity contribution in [3.05, 3.63) is 113 Å². The highest BCUT2D eigenvalue weighted by Gasteiger charge is 2.33. The minimum absolute atomic E-state index is 0.00549. The van der Waals surface area contributed by atoms with Crippen molar-refractivity contribution >= 4 is 29.1 Å². The van der Waals surface area contributed by atoms with Crippen molar-refractivity contribution in [1.82, 2.24) is 4.57 Å². The maximum Gasteiger partial charge on any atom is 0.338 e. The molecule has 11 heteroatoms. The molecule has 0 bridgehead atoms. The highest BCUT2D eigenvalue weighted by Crippen LogP contribution is 2.33. The zero-order valence-electron chi connectivity index (χ0n) is 22.2. The molecule has 40 heavy (non-hydrogen) atoms. The molecule has 2 aromatic heterocycles. The van der Waals surface area contributed by atoms with Crippen LogP contribution in [0.25, 0.3) is 17.4 Å². The molecule has 0 fully saturated rings. The monoisotopic (exact) mass is 559 g/mol. The van der Waals surface area contributed by atoms with Crippen molar-refractivity contribution in [1.29, 1.82) is 0 Å². The van der Waals surface area contributed by atoms with Gasteiger partial charge in [0, 0.05) is 23.3 Å². The molecule has 1 aliphatic heterocycles. The van der Waals surface area contributed by atoms with Crippen molar-refractivity contribution in [3.8, 4) is 17.1 Å². The van der Waals surface area contributed by atoms with Crippen LogP contribution in [-0.2, 0) is 9.53 Å². The molecule has 204 valence electrons. The van der Waals surface area contributed by atoms with Gasteiger partial charge in [-0.2, -0.15) is 0 Å². The van der Waals surface area contributed by atoms with Crippen LogP contribution in [0.2, 0.25) is 0 Å². The summed E-state index contributed by atoms with van der Waals surface area (Å²) in [6.07, 6.45) is 1.60. The van der Waals surface area contributed by atoms with E-state index < -0.39 is 16.9 Å². The van der Waals surface area contributed by atoms with Crippen molar-refractivity contribution in [2.75, 3.05) is 13.7 Å². The second-order valence-corrected chi connectivity index (χ2v) is 10.00. The minimum Gasteiger partial charge on any atom is -0.497 e. The number of carbonyl (C=O) groups is 1. The van der Waals surface area contributed by atoms with E-state index in [9.17, 15) is 19.7 Å². The van der Waals surface area contributed by atoms with Gasteiger partial charge in [0.05, 0.1) is 40.5 Å². The van der Waals surface area contributed by atoms with E-state index in [4.69, 9.17) is 13.9 Å². The summed E-state index contributed by atoms with van der Waals surface area (Å²) in [5.74, 6) is 0.867. The number of rotatable bonds is 7. The van der Waals surface area contributed by atoms with Crippen molar-refractivity contribution < 1.29 is 23.6 Å². The molecule has 0 radical (unpaired) electrons. The summed E-state index contributed by atoms with van der Waals surface area (Å²) in [6, 6.07) is 14.6. The number of esters is 1. The van der Waals surface area contributed by atoms with Gasteiger partial charge in [0.15, 0.2) is 4.80 Å². The smallest absolute Gasteiger partial charge is 0.338 e. The third-order valence-corrected chi connectivity index (χ3v) is 7.58. The second kappa shape index (κ2) is 10.8. The van der Waals surface area contributed by atoms with Gasteiger partial charge >= 0.3 is 5.97 Å². The van der Waals surface area contributed by atoms with Gasteiger partial charge in [-0.15, -0.1) is 0 Å². The first-order valence-electron chi connectivity index (χ1n) is 12.4. The zero-order chi connectivity index (χ0) is 28.6. The van der Waals surface area contributed by atoms with Gasteiger partial charge in [-0.05, 0) is 50.6 Å². The Bertz CT molecular complexity index is 1860. The number of allylic oxidation sites excluding steroid dienone is 1. The summed E-state index contributed by atoms with van der Waals surface area (Å²) in [7, 11) is 1.55. The lowest BCUT2D eigenvalue weighted by Gasteiger charge is -2.24. The number of nitrogens with zero attached hydrogens (tertiary/aromatic N) is 3. The summed E-state index contributed by atoms with van der Waals surface area (Å²) in [6.45, 7) is 5.28. The van der Waals surface area contributed by atoms with Gasteiger partial charge in [0.1, 0.15) is 17.3 Å². The molecule has 1 atom stereocenters. The summed E-state index contributed by atoms with van der Waals surface area (Å²) in [5.41, 5.74) is 2.11. The predicted molar refractivity (Wildman–Crippen MR) is 149 cm³/mol. The number of thiazole rings is 1. The van der Waals surface area contributed by atoms with Gasteiger partial charge in [0.25, 0.3) is 11.2 Å². The third-order valence-electron chi connectivity index (χ3n) is 6.59. The normalized spacial score (nSPS) is 15.0. The molecule has 4 aromatic rings. The molecule has 0 aliphatic carbocycles. The number of benzene rings is 2. The lowest BCUT2D eigenvalue weighted by Crippen LogP contribution is -2.39. The molecule has 1 aliphatic rings. The van der Waals surface area contributed by atoms with Gasteiger partial charge in [-0.25, -0.2) is 9.79 Å². The van der Waals surface area contributed by atoms with Gasteiger partial charge in [-0.1, -0.05) is 35.6 Å². The standard InChI is InChI=1S/C29H25N3O7S/c1-5-38-28(34)25-17(3)30-29-31(26(25)18-8-6-9-19(14-18)37-4)27(33)24(40-29)15-20-12-13-23(39-20)21-10-7-11-22(16(21)2)32(35)36/h6-15,26H,5H2,1-4H3/b24-15-/t26-/m1/s1. The van der Waals surface area contributed by atoms with Crippen LogP contribution < -0.4 is 19.6 Å². The Balaban J connectivity index is 1.64. The first kappa shape index (κ1) is 26.8. The van der Waals surface area contributed by atoms with Crippen LogP contribution in [0.4, 0.5) is 5.69 Å². The average molecular weight is 560 g/mol. The quantitative estimate of drug-likeness (QED) is 0.188. The Kier molecular flexibility index (Phi) is 7.22. The summed E-state index contributed by atoms with van der Waals surface area (Å²) >= 11 is 1.17. The molecule has 0 spiro atoms. The molecule has 0 unspecified atom stereocenters. The van der Waals surface area contributed by atoms with Gasteiger partial charge in [0.2, 0.25) is 0 Å². The number of carbonyl (C=O) groups excluding carboxylic acids is 1. The van der Waals surface area contributed by atoms with Crippen LogP contribution in [0, 0.1) is 17.0 Å². The molecule has 2 aromatic carbocycles. The Labute approximate surface area is 232 Å². The zero-order valence-corrected chi connectivity index (χ0v) is 23.0. The van der Waals surface area contributed by atoms with E-state index in [2.05, 4.69) is 4.99 Å². The predicted octanol–water partition coefficient (Wildman–Crippen LogP) is 4.28. The van der Waals surface area contributed by atoms with Crippen LogP contribution in [-0.4, -0.2) is 29.2 Å². The van der Waals surface area contributed by atoms with E-state index in [0.29, 0.717) is 49.0 Å².